The second-order valence-electron chi connectivity index (χ2n) is 5.24. The smallest absolute Gasteiger partial charge is 0.410 e. The van der Waals surface area contributed by atoms with Crippen molar-refractivity contribution in [2.45, 2.75) is 24.7 Å². The summed E-state index contributed by atoms with van der Waals surface area (Å²) in [5.41, 5.74) is 0.701. The molecule has 0 saturated heterocycles. The number of esters is 1. The highest BCUT2D eigenvalue weighted by Crippen LogP contribution is 2.44. The molecule has 122 valence electrons. The third-order valence-electron chi connectivity index (χ3n) is 3.85. The van der Waals surface area contributed by atoms with E-state index in [0.29, 0.717) is 5.56 Å². The quantitative estimate of drug-likeness (QED) is 0.861. The number of halogens is 3. The van der Waals surface area contributed by atoms with Gasteiger partial charge < -0.3 is 10.1 Å². The minimum Gasteiger partial charge on any atom is -0.465 e. The number of carbonyl (C=O) groups is 1. The fourth-order valence-electron chi connectivity index (χ4n) is 2.73. The third-order valence-corrected chi connectivity index (χ3v) is 3.85. The number of aromatic nitrogens is 2. The van der Waals surface area contributed by atoms with E-state index in [4.69, 9.17) is 0 Å². The molecule has 0 radical (unpaired) electrons. The van der Waals surface area contributed by atoms with Crippen LogP contribution in [0.1, 0.15) is 34.4 Å². The molecule has 0 amide bonds. The summed E-state index contributed by atoms with van der Waals surface area (Å²) in [6.07, 6.45) is -3.58. The fourth-order valence-corrected chi connectivity index (χ4v) is 2.73. The van der Waals surface area contributed by atoms with Crippen molar-refractivity contribution in [2.75, 3.05) is 12.4 Å². The molecule has 23 heavy (non-hydrogen) atoms. The van der Waals surface area contributed by atoms with E-state index in [1.165, 1.54) is 7.11 Å². The van der Waals surface area contributed by atoms with Crippen molar-refractivity contribution in [3.8, 4) is 0 Å². The average Bonchev–Trinajstić information content (AvgIpc) is 2.97. The molecule has 0 aliphatic carbocycles. The molecule has 1 aromatic heterocycles. The number of hydrogen-bond acceptors (Lipinski definition) is 4. The first-order valence-electron chi connectivity index (χ1n) is 6.96. The van der Waals surface area contributed by atoms with Crippen LogP contribution in [0.25, 0.3) is 0 Å². The molecule has 3 rings (SSSR count). The first kappa shape index (κ1) is 15.4. The van der Waals surface area contributed by atoms with E-state index in [-0.39, 0.29) is 17.8 Å². The molecule has 8 heteroatoms. The zero-order valence-electron chi connectivity index (χ0n) is 12.2. The Hall–Kier alpha value is -2.51. The van der Waals surface area contributed by atoms with Gasteiger partial charge in [-0.05, 0) is 5.56 Å². The molecular weight excluding hydrogens is 311 g/mol. The molecule has 5 nitrogen and oxygen atoms in total. The number of nitrogens with one attached hydrogen (secondary N) is 1. The van der Waals surface area contributed by atoms with Gasteiger partial charge in [-0.15, -0.1) is 0 Å². The molecule has 0 saturated carbocycles. The molecule has 0 spiro atoms. The standard InChI is InChI=1S/C15H14F3N3O2/c1-23-14(22)10-8-19-21-12(15(16,17)18)7-11(20-13(10)21)9-5-3-2-4-6-9/h2-6,8,11-12,20H,7H2,1H3. The van der Waals surface area contributed by atoms with Crippen LogP contribution in [-0.2, 0) is 4.74 Å². The van der Waals surface area contributed by atoms with Gasteiger partial charge in [0.05, 0.1) is 19.3 Å². The number of ether oxygens (including phenoxy) is 1. The topological polar surface area (TPSA) is 56.1 Å². The minimum absolute atomic E-state index is 0.0117. The van der Waals surface area contributed by atoms with E-state index in [1.807, 2.05) is 0 Å². The summed E-state index contributed by atoms with van der Waals surface area (Å²) in [6.45, 7) is 0. The van der Waals surface area contributed by atoms with Gasteiger partial charge in [-0.1, -0.05) is 30.3 Å². The van der Waals surface area contributed by atoms with Gasteiger partial charge in [0.25, 0.3) is 0 Å². The lowest BCUT2D eigenvalue weighted by molar-refractivity contribution is -0.173. The van der Waals surface area contributed by atoms with E-state index < -0.39 is 24.2 Å². The minimum atomic E-state index is -4.47. The largest absolute Gasteiger partial charge is 0.465 e. The normalized spacial score (nSPS) is 20.5. The first-order valence-corrected chi connectivity index (χ1v) is 6.96. The van der Waals surface area contributed by atoms with Crippen molar-refractivity contribution in [3.63, 3.8) is 0 Å². The fraction of sp³-hybridized carbons (Fsp3) is 0.333. The lowest BCUT2D eigenvalue weighted by atomic mass is 9.96. The monoisotopic (exact) mass is 325 g/mol. The maximum atomic E-state index is 13.4. The predicted molar refractivity (Wildman–Crippen MR) is 76.1 cm³/mol. The number of carbonyl (C=O) groups excluding carboxylic acids is 1. The van der Waals surface area contributed by atoms with E-state index >= 15 is 0 Å². The molecule has 2 heterocycles. The summed E-state index contributed by atoms with van der Waals surface area (Å²) in [5.74, 6) is -0.701. The van der Waals surface area contributed by atoms with Crippen LogP contribution >= 0.6 is 0 Å². The highest BCUT2D eigenvalue weighted by molar-refractivity contribution is 5.94. The number of anilines is 1. The summed E-state index contributed by atoms with van der Waals surface area (Å²) in [5, 5.41) is 6.71. The molecule has 2 unspecified atom stereocenters. The Balaban J connectivity index is 2.06. The summed E-state index contributed by atoms with van der Waals surface area (Å²) >= 11 is 0. The van der Waals surface area contributed by atoms with Crippen molar-refractivity contribution in [3.05, 3.63) is 47.7 Å². The molecule has 0 fully saturated rings. The molecule has 1 aromatic carbocycles. The number of fused-ring (bicyclic) bond motifs is 1. The Labute approximate surface area is 130 Å². The molecule has 1 N–H and O–H groups in total. The average molecular weight is 325 g/mol. The van der Waals surface area contributed by atoms with Gasteiger partial charge in [-0.2, -0.15) is 18.3 Å². The van der Waals surface area contributed by atoms with Gasteiger partial charge >= 0.3 is 12.1 Å². The predicted octanol–water partition coefficient (Wildman–Crippen LogP) is 3.33. The zero-order valence-corrected chi connectivity index (χ0v) is 12.2. The van der Waals surface area contributed by atoms with Gasteiger partial charge in [-0.3, -0.25) is 0 Å². The second kappa shape index (κ2) is 5.60. The molecule has 1 aliphatic heterocycles. The first-order chi connectivity index (χ1) is 10.9. The van der Waals surface area contributed by atoms with Gasteiger partial charge in [0, 0.05) is 6.42 Å². The molecular formula is C15H14F3N3O2. The lowest BCUT2D eigenvalue weighted by Gasteiger charge is -2.33. The van der Waals surface area contributed by atoms with E-state index in [0.717, 1.165) is 10.9 Å². The number of nitrogens with zero attached hydrogens (tertiary/aromatic N) is 2. The van der Waals surface area contributed by atoms with Crippen LogP contribution in [0.4, 0.5) is 19.0 Å². The summed E-state index contributed by atoms with van der Waals surface area (Å²) in [4.78, 5) is 11.7. The molecule has 2 aromatic rings. The van der Waals surface area contributed by atoms with Crippen LogP contribution in [0.15, 0.2) is 36.5 Å². The third kappa shape index (κ3) is 2.76. The van der Waals surface area contributed by atoms with Crippen LogP contribution in [0.3, 0.4) is 0 Å². The molecule has 1 aliphatic rings. The number of rotatable bonds is 2. The Kier molecular flexibility index (Phi) is 3.75. The number of methoxy groups -OCH3 is 1. The SMILES string of the molecule is COC(=O)c1cnn2c1NC(c1ccccc1)CC2C(F)(F)F. The van der Waals surface area contributed by atoms with Crippen LogP contribution in [-0.4, -0.2) is 29.0 Å². The summed E-state index contributed by atoms with van der Waals surface area (Å²) in [7, 11) is 1.17. The van der Waals surface area contributed by atoms with Crippen LogP contribution in [0, 0.1) is 0 Å². The van der Waals surface area contributed by atoms with Crippen molar-refractivity contribution in [2.24, 2.45) is 0 Å². The van der Waals surface area contributed by atoms with E-state index in [9.17, 15) is 18.0 Å². The Morgan fingerprint density at radius 3 is 2.65 bits per heavy atom. The molecule has 0 bridgehead atoms. The number of hydrogen-bond donors (Lipinski definition) is 1. The van der Waals surface area contributed by atoms with Crippen molar-refractivity contribution >= 4 is 11.8 Å². The summed E-state index contributed by atoms with van der Waals surface area (Å²) in [6, 6.07) is 6.42. The Morgan fingerprint density at radius 1 is 1.35 bits per heavy atom. The highest BCUT2D eigenvalue weighted by atomic mass is 19.4. The summed E-state index contributed by atoms with van der Waals surface area (Å²) < 4.78 is 45.6. The molecule has 2 atom stereocenters. The maximum absolute atomic E-state index is 13.4. The van der Waals surface area contributed by atoms with Crippen LogP contribution in [0.2, 0.25) is 0 Å². The van der Waals surface area contributed by atoms with E-state index in [2.05, 4.69) is 15.2 Å². The van der Waals surface area contributed by atoms with Gasteiger partial charge in [0.15, 0.2) is 6.04 Å². The van der Waals surface area contributed by atoms with Crippen molar-refractivity contribution in [1.82, 2.24) is 9.78 Å². The van der Waals surface area contributed by atoms with Crippen LogP contribution in [0.5, 0.6) is 0 Å². The lowest BCUT2D eigenvalue weighted by Crippen LogP contribution is -2.36. The van der Waals surface area contributed by atoms with Gasteiger partial charge in [0.2, 0.25) is 0 Å². The van der Waals surface area contributed by atoms with Crippen molar-refractivity contribution in [1.29, 1.82) is 0 Å². The number of benzene rings is 1. The Bertz CT molecular complexity index is 713. The maximum Gasteiger partial charge on any atom is 0.410 e. The zero-order chi connectivity index (χ0) is 16.6. The second-order valence-corrected chi connectivity index (χ2v) is 5.24. The van der Waals surface area contributed by atoms with Gasteiger partial charge in [0.1, 0.15) is 11.4 Å². The van der Waals surface area contributed by atoms with E-state index in [1.54, 1.807) is 30.3 Å². The van der Waals surface area contributed by atoms with Gasteiger partial charge in [-0.25, -0.2) is 9.48 Å². The van der Waals surface area contributed by atoms with Crippen LogP contribution < -0.4 is 5.32 Å². The van der Waals surface area contributed by atoms with Crippen molar-refractivity contribution < 1.29 is 22.7 Å². The number of alkyl halides is 3. The Morgan fingerprint density at radius 2 is 2.04 bits per heavy atom. The highest BCUT2D eigenvalue weighted by Gasteiger charge is 2.47.